The van der Waals surface area contributed by atoms with Gasteiger partial charge in [-0.15, -0.1) is 0 Å². The van der Waals surface area contributed by atoms with Crippen molar-refractivity contribution in [2.45, 2.75) is 63.7 Å². The van der Waals surface area contributed by atoms with Crippen molar-refractivity contribution in [1.29, 1.82) is 5.26 Å². The molecule has 1 spiro atoms. The van der Waals surface area contributed by atoms with Gasteiger partial charge in [-0.3, -0.25) is 9.36 Å². The number of nitrogens with zero attached hydrogens (tertiary/aromatic N) is 4. The van der Waals surface area contributed by atoms with Gasteiger partial charge in [0.1, 0.15) is 11.4 Å². The number of ether oxygens (including phenoxy) is 3. The average Bonchev–Trinajstić information content (AvgIpc) is 3.66. The summed E-state index contributed by atoms with van der Waals surface area (Å²) in [4.78, 5) is 14.3. The van der Waals surface area contributed by atoms with Crippen LogP contribution in [0.5, 0.6) is 5.75 Å². The molecular formula is C32H34N4O4. The first-order valence-electron chi connectivity index (χ1n) is 14.1. The van der Waals surface area contributed by atoms with Gasteiger partial charge in [-0.2, -0.15) is 10.4 Å². The molecule has 2 aromatic carbocycles. The second kappa shape index (κ2) is 10.9. The number of nitriles is 1. The first-order valence-corrected chi connectivity index (χ1v) is 14.1. The molecule has 0 bridgehead atoms. The molecule has 0 amide bonds. The van der Waals surface area contributed by atoms with Crippen LogP contribution < -0.4 is 10.3 Å². The van der Waals surface area contributed by atoms with Gasteiger partial charge in [0, 0.05) is 48.1 Å². The van der Waals surface area contributed by atoms with Crippen molar-refractivity contribution in [3.63, 3.8) is 0 Å². The number of fused-ring (bicyclic) bond motifs is 1. The number of aryl methyl sites for hydroxylation is 1. The van der Waals surface area contributed by atoms with Gasteiger partial charge < -0.3 is 14.2 Å². The van der Waals surface area contributed by atoms with Crippen molar-refractivity contribution in [2.24, 2.45) is 0 Å². The number of hydrogen-bond donors (Lipinski definition) is 0. The van der Waals surface area contributed by atoms with Crippen LogP contribution in [-0.4, -0.2) is 40.3 Å². The predicted molar refractivity (Wildman–Crippen MR) is 152 cm³/mol. The molecule has 8 heteroatoms. The Labute approximate surface area is 233 Å². The van der Waals surface area contributed by atoms with Gasteiger partial charge in [0.05, 0.1) is 43.8 Å². The molecule has 2 fully saturated rings. The Balaban J connectivity index is 1.40. The Morgan fingerprint density at radius 3 is 2.60 bits per heavy atom. The molecule has 6 rings (SSSR count). The van der Waals surface area contributed by atoms with Gasteiger partial charge in [0.15, 0.2) is 5.79 Å². The van der Waals surface area contributed by atoms with Crippen LogP contribution >= 0.6 is 0 Å². The first kappa shape index (κ1) is 26.3. The lowest BCUT2D eigenvalue weighted by atomic mass is 9.89. The number of rotatable bonds is 7. The molecule has 1 saturated carbocycles. The van der Waals surface area contributed by atoms with E-state index in [0.29, 0.717) is 30.9 Å². The average molecular weight is 539 g/mol. The summed E-state index contributed by atoms with van der Waals surface area (Å²) < 4.78 is 21.6. The van der Waals surface area contributed by atoms with E-state index in [4.69, 9.17) is 14.2 Å². The fraction of sp³-hybridized carbons (Fsp3) is 0.406. The van der Waals surface area contributed by atoms with E-state index in [1.54, 1.807) is 19.4 Å². The quantitative estimate of drug-likeness (QED) is 0.311. The summed E-state index contributed by atoms with van der Waals surface area (Å²) >= 11 is 0. The van der Waals surface area contributed by atoms with Crippen LogP contribution in [0.15, 0.2) is 59.5 Å². The Morgan fingerprint density at radius 2 is 1.88 bits per heavy atom. The zero-order valence-corrected chi connectivity index (χ0v) is 23.1. The molecule has 40 heavy (non-hydrogen) atoms. The minimum atomic E-state index is -0.482. The highest BCUT2D eigenvalue weighted by Gasteiger charge is 2.41. The molecule has 1 saturated heterocycles. The summed E-state index contributed by atoms with van der Waals surface area (Å²) in [6, 6.07) is 17.8. The molecule has 2 aromatic heterocycles. The molecule has 0 unspecified atom stereocenters. The van der Waals surface area contributed by atoms with Crippen molar-refractivity contribution in [3.05, 3.63) is 87.5 Å². The highest BCUT2D eigenvalue weighted by molar-refractivity contribution is 5.76. The maximum absolute atomic E-state index is 14.3. The largest absolute Gasteiger partial charge is 0.496 e. The van der Waals surface area contributed by atoms with Crippen LogP contribution in [-0.2, 0) is 22.3 Å². The van der Waals surface area contributed by atoms with Crippen LogP contribution in [0, 0.1) is 11.3 Å². The fourth-order valence-corrected chi connectivity index (χ4v) is 6.39. The van der Waals surface area contributed by atoms with Gasteiger partial charge in [0.25, 0.3) is 5.56 Å². The van der Waals surface area contributed by atoms with Crippen molar-refractivity contribution in [2.75, 3.05) is 20.3 Å². The lowest BCUT2D eigenvalue weighted by Gasteiger charge is -2.36. The van der Waals surface area contributed by atoms with Crippen molar-refractivity contribution >= 4 is 5.65 Å². The number of methoxy groups -OCH3 is 1. The molecule has 1 aliphatic carbocycles. The zero-order valence-electron chi connectivity index (χ0n) is 23.1. The van der Waals surface area contributed by atoms with Crippen LogP contribution in [0.1, 0.15) is 67.5 Å². The third-order valence-corrected chi connectivity index (χ3v) is 8.32. The van der Waals surface area contributed by atoms with Gasteiger partial charge >= 0.3 is 0 Å². The molecule has 8 nitrogen and oxygen atoms in total. The van der Waals surface area contributed by atoms with E-state index < -0.39 is 5.79 Å². The maximum Gasteiger partial charge on any atom is 0.257 e. The SMILES string of the molecule is CCCc1c(Cc2ccc(-c3ccccc3C#N)c(OC)c2)c(=O)n(C2CCC3(CC2)OCCO3)c2ccnn12. The normalized spacial score (nSPS) is 16.9. The van der Waals surface area contributed by atoms with Gasteiger partial charge in [-0.25, -0.2) is 4.52 Å². The van der Waals surface area contributed by atoms with E-state index in [1.165, 1.54) is 0 Å². The van der Waals surface area contributed by atoms with Gasteiger partial charge in [-0.1, -0.05) is 43.7 Å². The molecular weight excluding hydrogens is 504 g/mol. The fourth-order valence-electron chi connectivity index (χ4n) is 6.39. The van der Waals surface area contributed by atoms with E-state index >= 15 is 0 Å². The summed E-state index contributed by atoms with van der Waals surface area (Å²) in [5, 5.41) is 14.3. The Hall–Kier alpha value is -3.93. The topological polar surface area (TPSA) is 90.8 Å². The standard InChI is InChI=1S/C32H34N4O4/c1-3-6-28-27(19-22-9-10-26(29(20-22)38-2)25-8-5-4-7-23(25)21-33)31(37)35(30-13-16-34-36(28)30)24-11-14-32(15-12-24)39-17-18-40-32/h4-5,7-10,13,16,20,24H,3,6,11-12,14-15,17-19H2,1-2H3. The molecule has 206 valence electrons. The Bertz CT molecular complexity index is 1630. The molecule has 0 radical (unpaired) electrons. The third-order valence-electron chi connectivity index (χ3n) is 8.32. The van der Waals surface area contributed by atoms with Crippen molar-refractivity contribution in [1.82, 2.24) is 14.2 Å². The Kier molecular flexibility index (Phi) is 7.18. The highest BCUT2D eigenvalue weighted by atomic mass is 16.7. The van der Waals surface area contributed by atoms with Crippen LogP contribution in [0.2, 0.25) is 0 Å². The molecule has 2 aliphatic rings. The highest BCUT2D eigenvalue weighted by Crippen LogP contribution is 2.40. The van der Waals surface area contributed by atoms with Crippen LogP contribution in [0.3, 0.4) is 0 Å². The van der Waals surface area contributed by atoms with E-state index in [9.17, 15) is 10.1 Å². The summed E-state index contributed by atoms with van der Waals surface area (Å²) in [7, 11) is 1.64. The minimum Gasteiger partial charge on any atom is -0.496 e. The molecule has 4 aromatic rings. The zero-order chi connectivity index (χ0) is 27.7. The van der Waals surface area contributed by atoms with Gasteiger partial charge in [-0.05, 0) is 37.0 Å². The molecule has 3 heterocycles. The second-order valence-electron chi connectivity index (χ2n) is 10.7. The maximum atomic E-state index is 14.3. The van der Waals surface area contributed by atoms with E-state index in [-0.39, 0.29) is 11.6 Å². The Morgan fingerprint density at radius 1 is 1.10 bits per heavy atom. The molecule has 0 N–H and O–H groups in total. The third kappa shape index (κ3) is 4.59. The second-order valence-corrected chi connectivity index (χ2v) is 10.7. The number of hydrogen-bond acceptors (Lipinski definition) is 6. The number of aromatic nitrogens is 3. The van der Waals surface area contributed by atoms with Crippen LogP contribution in [0.4, 0.5) is 0 Å². The van der Waals surface area contributed by atoms with Gasteiger partial charge in [0.2, 0.25) is 0 Å². The van der Waals surface area contributed by atoms with E-state index in [1.807, 2.05) is 51.5 Å². The lowest BCUT2D eigenvalue weighted by molar-refractivity contribution is -0.181. The van der Waals surface area contributed by atoms with E-state index in [0.717, 1.165) is 72.1 Å². The monoisotopic (exact) mass is 538 g/mol. The number of benzene rings is 2. The molecule has 1 aliphatic heterocycles. The summed E-state index contributed by atoms with van der Waals surface area (Å²) in [6.07, 6.45) is 7.08. The predicted octanol–water partition coefficient (Wildman–Crippen LogP) is 5.44. The minimum absolute atomic E-state index is 0.0449. The van der Waals surface area contributed by atoms with E-state index in [2.05, 4.69) is 18.1 Å². The van der Waals surface area contributed by atoms with Crippen molar-refractivity contribution in [3.8, 4) is 22.9 Å². The van der Waals surface area contributed by atoms with Crippen molar-refractivity contribution < 1.29 is 14.2 Å². The summed E-state index contributed by atoms with van der Waals surface area (Å²) in [6.45, 7) is 3.40. The smallest absolute Gasteiger partial charge is 0.257 e. The molecule has 0 atom stereocenters. The summed E-state index contributed by atoms with van der Waals surface area (Å²) in [5.74, 6) is 0.191. The lowest BCUT2D eigenvalue weighted by Crippen LogP contribution is -2.39. The van der Waals surface area contributed by atoms with Crippen LogP contribution in [0.25, 0.3) is 16.8 Å². The summed E-state index contributed by atoms with van der Waals surface area (Å²) in [5.41, 5.74) is 5.84. The first-order chi connectivity index (χ1) is 19.6.